The summed E-state index contributed by atoms with van der Waals surface area (Å²) in [5.41, 5.74) is 4.77. The van der Waals surface area contributed by atoms with E-state index in [1.54, 1.807) is 9.58 Å². The molecule has 2 unspecified atom stereocenters. The number of hydrogen-bond donors (Lipinski definition) is 0. The lowest BCUT2D eigenvalue weighted by Crippen LogP contribution is -2.32. The zero-order valence-corrected chi connectivity index (χ0v) is 16.0. The van der Waals surface area contributed by atoms with Crippen LogP contribution in [-0.2, 0) is 11.3 Å². The van der Waals surface area contributed by atoms with E-state index in [0.29, 0.717) is 6.54 Å². The fourth-order valence-corrected chi connectivity index (χ4v) is 3.79. The number of nitrogens with zero attached hydrogens (tertiary/aromatic N) is 4. The van der Waals surface area contributed by atoms with Crippen molar-refractivity contribution in [2.45, 2.75) is 25.7 Å². The Labute approximate surface area is 168 Å². The zero-order valence-electron chi connectivity index (χ0n) is 16.0. The third-order valence-corrected chi connectivity index (χ3v) is 5.28. The van der Waals surface area contributed by atoms with Gasteiger partial charge in [0, 0.05) is 0 Å². The summed E-state index contributed by atoms with van der Waals surface area (Å²) >= 11 is 0. The molecule has 5 rings (SSSR count). The molecule has 0 bridgehead atoms. The number of carbonyl (C=O) groups is 1. The van der Waals surface area contributed by atoms with E-state index in [4.69, 9.17) is 4.74 Å². The van der Waals surface area contributed by atoms with Gasteiger partial charge in [0.05, 0.1) is 12.1 Å². The van der Waals surface area contributed by atoms with Crippen molar-refractivity contribution in [3.63, 3.8) is 0 Å². The van der Waals surface area contributed by atoms with Gasteiger partial charge in [0.25, 0.3) is 0 Å². The van der Waals surface area contributed by atoms with E-state index in [0.717, 1.165) is 27.7 Å². The summed E-state index contributed by atoms with van der Waals surface area (Å²) in [5.74, 6) is 0. The lowest BCUT2D eigenvalue weighted by Gasteiger charge is -2.25. The Bertz CT molecular complexity index is 1150. The second-order valence-electron chi connectivity index (χ2n) is 7.26. The van der Waals surface area contributed by atoms with Gasteiger partial charge in [-0.2, -0.15) is 0 Å². The van der Waals surface area contributed by atoms with E-state index < -0.39 is 12.3 Å². The van der Waals surface area contributed by atoms with Crippen molar-refractivity contribution in [1.82, 2.24) is 19.9 Å². The Morgan fingerprint density at radius 3 is 2.45 bits per heavy atom. The van der Waals surface area contributed by atoms with Crippen LogP contribution < -0.4 is 0 Å². The molecule has 144 valence electrons. The summed E-state index contributed by atoms with van der Waals surface area (Å²) in [6, 6.07) is 25.7. The normalized spacial score (nSPS) is 18.9. The lowest BCUT2D eigenvalue weighted by atomic mass is 10.0. The van der Waals surface area contributed by atoms with E-state index in [1.165, 1.54) is 0 Å². The molecule has 0 aliphatic carbocycles. The van der Waals surface area contributed by atoms with Gasteiger partial charge in [0.15, 0.2) is 12.3 Å². The molecule has 1 saturated heterocycles. The summed E-state index contributed by atoms with van der Waals surface area (Å²) in [6.45, 7) is 2.47. The minimum absolute atomic E-state index is 0.357. The fourth-order valence-electron chi connectivity index (χ4n) is 3.79. The minimum atomic E-state index is -0.475. The second kappa shape index (κ2) is 7.05. The number of amides is 1. The molecule has 6 heteroatoms. The third kappa shape index (κ3) is 3.12. The zero-order chi connectivity index (χ0) is 19.8. The first kappa shape index (κ1) is 17.4. The maximum atomic E-state index is 12.9. The number of cyclic esters (lactones) is 1. The Kier molecular flexibility index (Phi) is 4.24. The average molecular weight is 384 g/mol. The van der Waals surface area contributed by atoms with Gasteiger partial charge in [0.2, 0.25) is 0 Å². The summed E-state index contributed by atoms with van der Waals surface area (Å²) in [6.07, 6.45) is -1.27. The molecule has 1 aliphatic rings. The summed E-state index contributed by atoms with van der Waals surface area (Å²) in [4.78, 5) is 14.6. The Balaban J connectivity index is 1.61. The molecule has 0 radical (unpaired) electrons. The molecule has 3 aromatic carbocycles. The number of carbonyl (C=O) groups excluding carboxylic acids is 1. The largest absolute Gasteiger partial charge is 0.437 e. The van der Waals surface area contributed by atoms with Crippen molar-refractivity contribution in [1.29, 1.82) is 0 Å². The number of benzene rings is 3. The van der Waals surface area contributed by atoms with Crippen molar-refractivity contribution < 1.29 is 9.53 Å². The van der Waals surface area contributed by atoms with Crippen LogP contribution in [0, 0.1) is 6.92 Å². The second-order valence-corrected chi connectivity index (χ2v) is 7.26. The van der Waals surface area contributed by atoms with E-state index >= 15 is 0 Å². The molecule has 29 heavy (non-hydrogen) atoms. The van der Waals surface area contributed by atoms with Crippen LogP contribution >= 0.6 is 0 Å². The quantitative estimate of drug-likeness (QED) is 0.515. The fraction of sp³-hybridized carbons (Fsp3) is 0.174. The Morgan fingerprint density at radius 1 is 0.931 bits per heavy atom. The molecular weight excluding hydrogens is 364 g/mol. The molecule has 0 spiro atoms. The highest BCUT2D eigenvalue weighted by Crippen LogP contribution is 2.41. The molecule has 2 heterocycles. The summed E-state index contributed by atoms with van der Waals surface area (Å²) in [5, 5.41) is 8.68. The van der Waals surface area contributed by atoms with Gasteiger partial charge in [-0.15, -0.1) is 5.10 Å². The smallest absolute Gasteiger partial charge is 0.412 e. The first-order valence-corrected chi connectivity index (χ1v) is 9.58. The van der Waals surface area contributed by atoms with E-state index in [2.05, 4.69) is 10.3 Å². The van der Waals surface area contributed by atoms with Gasteiger partial charge in [0.1, 0.15) is 5.52 Å². The van der Waals surface area contributed by atoms with Crippen LogP contribution in [0.2, 0.25) is 0 Å². The topological polar surface area (TPSA) is 60.2 Å². The van der Waals surface area contributed by atoms with Gasteiger partial charge in [-0.3, -0.25) is 4.90 Å². The number of para-hydroxylation sites is 1. The van der Waals surface area contributed by atoms with Crippen molar-refractivity contribution in [2.75, 3.05) is 0 Å². The van der Waals surface area contributed by atoms with E-state index in [1.807, 2.05) is 85.8 Å². The van der Waals surface area contributed by atoms with Crippen LogP contribution in [-0.4, -0.2) is 26.0 Å². The predicted molar refractivity (Wildman–Crippen MR) is 109 cm³/mol. The first-order valence-electron chi connectivity index (χ1n) is 9.58. The number of fused-ring (bicyclic) bond motifs is 1. The van der Waals surface area contributed by atoms with E-state index in [-0.39, 0.29) is 6.09 Å². The van der Waals surface area contributed by atoms with Crippen LogP contribution in [0.15, 0.2) is 78.9 Å². The maximum absolute atomic E-state index is 12.9. The lowest BCUT2D eigenvalue weighted by molar-refractivity contribution is 0.119. The number of aromatic nitrogens is 3. The van der Waals surface area contributed by atoms with Crippen LogP contribution in [0.5, 0.6) is 0 Å². The molecule has 0 N–H and O–H groups in total. The summed E-state index contributed by atoms with van der Waals surface area (Å²) in [7, 11) is 0. The highest BCUT2D eigenvalue weighted by Gasteiger charge is 2.45. The van der Waals surface area contributed by atoms with Crippen LogP contribution in [0.1, 0.15) is 29.0 Å². The SMILES string of the molecule is Cc1ccc(C2OC(=O)N(Cc3ccccc3)C2n2nnc3ccccc32)cc1. The van der Waals surface area contributed by atoms with Gasteiger partial charge < -0.3 is 4.74 Å². The van der Waals surface area contributed by atoms with Gasteiger partial charge >= 0.3 is 6.09 Å². The first-order chi connectivity index (χ1) is 14.2. The number of rotatable bonds is 4. The average Bonchev–Trinajstić information content (AvgIpc) is 3.31. The molecule has 1 fully saturated rings. The number of hydrogen-bond acceptors (Lipinski definition) is 4. The van der Waals surface area contributed by atoms with Gasteiger partial charge in [-0.05, 0) is 30.2 Å². The molecule has 0 saturated carbocycles. The minimum Gasteiger partial charge on any atom is -0.437 e. The monoisotopic (exact) mass is 384 g/mol. The Morgan fingerprint density at radius 2 is 1.66 bits per heavy atom. The van der Waals surface area contributed by atoms with Crippen LogP contribution in [0.25, 0.3) is 11.0 Å². The molecule has 2 atom stereocenters. The van der Waals surface area contributed by atoms with E-state index in [9.17, 15) is 4.79 Å². The van der Waals surface area contributed by atoms with Gasteiger partial charge in [-0.25, -0.2) is 9.48 Å². The van der Waals surface area contributed by atoms with Crippen LogP contribution in [0.4, 0.5) is 4.79 Å². The maximum Gasteiger partial charge on any atom is 0.412 e. The third-order valence-electron chi connectivity index (χ3n) is 5.28. The van der Waals surface area contributed by atoms with Crippen LogP contribution in [0.3, 0.4) is 0 Å². The van der Waals surface area contributed by atoms with Crippen molar-refractivity contribution >= 4 is 17.1 Å². The van der Waals surface area contributed by atoms with Crippen molar-refractivity contribution in [3.8, 4) is 0 Å². The molecular formula is C23H20N4O2. The number of ether oxygens (including phenoxy) is 1. The van der Waals surface area contributed by atoms with Crippen molar-refractivity contribution in [2.24, 2.45) is 0 Å². The number of aryl methyl sites for hydroxylation is 1. The van der Waals surface area contributed by atoms with Gasteiger partial charge in [-0.1, -0.05) is 77.5 Å². The highest BCUT2D eigenvalue weighted by atomic mass is 16.6. The summed E-state index contributed by atoms with van der Waals surface area (Å²) < 4.78 is 7.66. The highest BCUT2D eigenvalue weighted by molar-refractivity contribution is 5.75. The molecule has 4 aromatic rings. The van der Waals surface area contributed by atoms with Crippen molar-refractivity contribution in [3.05, 3.63) is 95.6 Å². The standard InChI is InChI=1S/C23H20N4O2/c1-16-11-13-18(14-12-16)21-22(27-20-10-6-5-9-19(20)24-25-27)26(23(28)29-21)15-17-7-3-2-4-8-17/h2-14,21-22H,15H2,1H3. The predicted octanol–water partition coefficient (Wildman–Crippen LogP) is 4.63. The Hall–Kier alpha value is -3.67. The molecule has 1 aromatic heterocycles. The molecule has 1 amide bonds. The molecule has 1 aliphatic heterocycles. The molecule has 6 nitrogen and oxygen atoms in total.